The van der Waals surface area contributed by atoms with Gasteiger partial charge in [-0.25, -0.2) is 9.78 Å². The monoisotopic (exact) mass is 570 g/mol. The van der Waals surface area contributed by atoms with Gasteiger partial charge in [0, 0.05) is 17.5 Å². The number of hydrogen-bond donors (Lipinski definition) is 1. The van der Waals surface area contributed by atoms with Gasteiger partial charge in [-0.2, -0.15) is 13.2 Å². The van der Waals surface area contributed by atoms with Crippen LogP contribution in [0.25, 0.3) is 11.3 Å². The van der Waals surface area contributed by atoms with Crippen molar-refractivity contribution in [3.63, 3.8) is 0 Å². The van der Waals surface area contributed by atoms with Gasteiger partial charge < -0.3 is 19.1 Å². The molecule has 4 aromatic rings. The molecule has 1 saturated carbocycles. The van der Waals surface area contributed by atoms with Crippen molar-refractivity contribution in [3.8, 4) is 28.6 Å². The number of carbonyl (C=O) groups is 1. The summed E-state index contributed by atoms with van der Waals surface area (Å²) in [5.41, 5.74) is 2.59. The number of carboxylic acid groups (broad SMARTS) is 1. The molecule has 11 heteroatoms. The third-order valence-corrected chi connectivity index (χ3v) is 7.45. The van der Waals surface area contributed by atoms with Crippen molar-refractivity contribution < 1.29 is 37.1 Å². The molecule has 1 N–H and O–H groups in total. The van der Waals surface area contributed by atoms with Crippen LogP contribution in [0.1, 0.15) is 63.2 Å². The first-order valence-corrected chi connectivity index (χ1v) is 13.0. The van der Waals surface area contributed by atoms with Crippen LogP contribution in [0.15, 0.2) is 53.1 Å². The van der Waals surface area contributed by atoms with Crippen LogP contribution in [0, 0.1) is 6.92 Å². The predicted molar refractivity (Wildman–Crippen MR) is 138 cm³/mol. The van der Waals surface area contributed by atoms with Crippen LogP contribution in [0.2, 0.25) is 5.02 Å². The molecule has 0 saturated heterocycles. The SMILES string of the molecule is Cc1cccc(Cl)c1-c1noc(C2CC2)c1COc1ccc2c(n1)[C@H](C(F)(F)F)Cc1ccc(C(=O)O)cc1O2. The van der Waals surface area contributed by atoms with E-state index in [1.54, 1.807) is 6.07 Å². The maximum Gasteiger partial charge on any atom is 0.397 e. The number of ether oxygens (including phenoxy) is 2. The van der Waals surface area contributed by atoms with Crippen LogP contribution in [0.4, 0.5) is 13.2 Å². The Hall–Kier alpha value is -4.05. The quantitative estimate of drug-likeness (QED) is 0.252. The van der Waals surface area contributed by atoms with Gasteiger partial charge in [0.25, 0.3) is 0 Å². The molecule has 2 aliphatic rings. The number of halogens is 4. The molecule has 2 aromatic carbocycles. The van der Waals surface area contributed by atoms with Gasteiger partial charge in [0.1, 0.15) is 35.5 Å². The van der Waals surface area contributed by atoms with Crippen LogP contribution in [-0.4, -0.2) is 27.4 Å². The van der Waals surface area contributed by atoms with Crippen LogP contribution in [0.3, 0.4) is 0 Å². The molecule has 1 aliphatic carbocycles. The van der Waals surface area contributed by atoms with E-state index in [1.807, 2.05) is 19.1 Å². The van der Waals surface area contributed by atoms with E-state index < -0.39 is 24.5 Å². The lowest BCUT2D eigenvalue weighted by Crippen LogP contribution is -2.23. The van der Waals surface area contributed by atoms with Crippen molar-refractivity contribution in [1.29, 1.82) is 0 Å². The molecule has 0 radical (unpaired) electrons. The molecular formula is C29H22ClF3N2O5. The summed E-state index contributed by atoms with van der Waals surface area (Å²) < 4.78 is 60.1. The second-order valence-electron chi connectivity index (χ2n) is 9.93. The molecule has 0 amide bonds. The molecular weight excluding hydrogens is 549 g/mol. The molecule has 1 aliphatic heterocycles. The van der Waals surface area contributed by atoms with Gasteiger partial charge in [0.15, 0.2) is 0 Å². The highest BCUT2D eigenvalue weighted by molar-refractivity contribution is 6.33. The average Bonchev–Trinajstić information content (AvgIpc) is 3.69. The van der Waals surface area contributed by atoms with Gasteiger partial charge in [-0.05, 0) is 61.6 Å². The summed E-state index contributed by atoms with van der Waals surface area (Å²) in [4.78, 5) is 15.6. The molecule has 0 unspecified atom stereocenters. The Labute approximate surface area is 231 Å². The van der Waals surface area contributed by atoms with E-state index in [1.165, 1.54) is 30.3 Å². The Bertz CT molecular complexity index is 1610. The van der Waals surface area contributed by atoms with Crippen molar-refractivity contribution in [3.05, 3.63) is 87.3 Å². The van der Waals surface area contributed by atoms with Gasteiger partial charge in [0.05, 0.1) is 21.8 Å². The normalized spacial score (nSPS) is 16.5. The van der Waals surface area contributed by atoms with Crippen LogP contribution in [-0.2, 0) is 13.0 Å². The largest absolute Gasteiger partial charge is 0.478 e. The fourth-order valence-electron chi connectivity index (χ4n) is 4.92. The van der Waals surface area contributed by atoms with Gasteiger partial charge in [-0.3, -0.25) is 0 Å². The zero-order valence-corrected chi connectivity index (χ0v) is 21.8. The maximum absolute atomic E-state index is 14.2. The maximum atomic E-state index is 14.2. The summed E-state index contributed by atoms with van der Waals surface area (Å²) in [6.07, 6.45) is -3.22. The highest BCUT2D eigenvalue weighted by atomic mass is 35.5. The fourth-order valence-corrected chi connectivity index (χ4v) is 5.23. The van der Waals surface area contributed by atoms with Crippen molar-refractivity contribution in [2.75, 3.05) is 0 Å². The number of benzene rings is 2. The first-order chi connectivity index (χ1) is 19.1. The standard InChI is InChI=1S/C29H22ClF3N2O5/c1-14-3-2-4-20(30)24(14)25-18(27(40-35-25)15-5-6-15)13-38-23-10-9-21-26(34-23)19(29(31,32)33)11-16-7-8-17(28(36)37)12-22(16)39-21/h2-4,7-10,12,15,19H,5-6,11,13H2,1H3,(H,36,37)/t19-/m1/s1. The Balaban J connectivity index is 1.35. The minimum absolute atomic E-state index is 0.0291. The molecule has 3 heterocycles. The molecule has 7 nitrogen and oxygen atoms in total. The summed E-state index contributed by atoms with van der Waals surface area (Å²) in [5, 5.41) is 14.1. The zero-order chi connectivity index (χ0) is 28.2. The molecule has 206 valence electrons. The summed E-state index contributed by atoms with van der Waals surface area (Å²) in [6.45, 7) is 1.86. The molecule has 0 spiro atoms. The highest BCUT2D eigenvalue weighted by Gasteiger charge is 2.45. The Morgan fingerprint density at radius 2 is 1.95 bits per heavy atom. The van der Waals surface area contributed by atoms with Crippen molar-refractivity contribution in [2.24, 2.45) is 0 Å². The molecule has 2 aromatic heterocycles. The summed E-state index contributed by atoms with van der Waals surface area (Å²) in [6, 6.07) is 12.1. The Morgan fingerprint density at radius 3 is 2.65 bits per heavy atom. The zero-order valence-electron chi connectivity index (χ0n) is 21.1. The van der Waals surface area contributed by atoms with Crippen molar-refractivity contribution in [2.45, 2.75) is 50.8 Å². The van der Waals surface area contributed by atoms with Gasteiger partial charge in [-0.1, -0.05) is 35.0 Å². The molecule has 6 rings (SSSR count). The van der Waals surface area contributed by atoms with E-state index in [0.29, 0.717) is 27.6 Å². The second kappa shape index (κ2) is 9.85. The molecule has 1 atom stereocenters. The number of aromatic nitrogens is 2. The summed E-state index contributed by atoms with van der Waals surface area (Å²) in [7, 11) is 0. The number of aryl methyl sites for hydroxylation is 1. The molecule has 0 bridgehead atoms. The number of carboxylic acids is 1. The average molecular weight is 571 g/mol. The number of pyridine rings is 1. The smallest absolute Gasteiger partial charge is 0.397 e. The lowest BCUT2D eigenvalue weighted by atomic mass is 9.94. The lowest BCUT2D eigenvalue weighted by Gasteiger charge is -2.19. The van der Waals surface area contributed by atoms with Crippen LogP contribution >= 0.6 is 11.6 Å². The number of rotatable bonds is 6. The predicted octanol–water partition coefficient (Wildman–Crippen LogP) is 7.85. The van der Waals surface area contributed by atoms with E-state index >= 15 is 0 Å². The van der Waals surface area contributed by atoms with E-state index in [0.717, 1.165) is 18.4 Å². The minimum atomic E-state index is -4.64. The van der Waals surface area contributed by atoms with Crippen LogP contribution in [0.5, 0.6) is 17.4 Å². The molecule has 1 fully saturated rings. The second-order valence-corrected chi connectivity index (χ2v) is 10.3. The number of alkyl halides is 3. The van der Waals surface area contributed by atoms with E-state index in [4.69, 9.17) is 25.6 Å². The fraction of sp³-hybridized carbons (Fsp3) is 0.276. The van der Waals surface area contributed by atoms with Gasteiger partial charge in [-0.15, -0.1) is 0 Å². The number of fused-ring (bicyclic) bond motifs is 2. The minimum Gasteiger partial charge on any atom is -0.478 e. The first-order valence-electron chi connectivity index (χ1n) is 12.6. The van der Waals surface area contributed by atoms with Gasteiger partial charge in [0.2, 0.25) is 5.88 Å². The van der Waals surface area contributed by atoms with Crippen LogP contribution < -0.4 is 9.47 Å². The summed E-state index contributed by atoms with van der Waals surface area (Å²) in [5.74, 6) is -2.44. The lowest BCUT2D eigenvalue weighted by molar-refractivity contribution is -0.151. The van der Waals surface area contributed by atoms with E-state index in [2.05, 4.69) is 10.1 Å². The third kappa shape index (κ3) is 4.88. The first kappa shape index (κ1) is 26.2. The number of nitrogens with zero attached hydrogens (tertiary/aromatic N) is 2. The molecule has 40 heavy (non-hydrogen) atoms. The van der Waals surface area contributed by atoms with E-state index in [9.17, 15) is 23.1 Å². The number of aromatic carboxylic acids is 1. The van der Waals surface area contributed by atoms with Crippen molar-refractivity contribution in [1.82, 2.24) is 10.1 Å². The van der Waals surface area contributed by atoms with Crippen molar-refractivity contribution >= 4 is 17.6 Å². The van der Waals surface area contributed by atoms with E-state index in [-0.39, 0.29) is 46.7 Å². The topological polar surface area (TPSA) is 94.7 Å². The Morgan fingerprint density at radius 1 is 1.15 bits per heavy atom. The Kier molecular flexibility index (Phi) is 6.45. The third-order valence-electron chi connectivity index (χ3n) is 7.13. The van der Waals surface area contributed by atoms with Gasteiger partial charge >= 0.3 is 12.1 Å². The summed E-state index contributed by atoms with van der Waals surface area (Å²) >= 11 is 6.49. The number of hydrogen-bond acceptors (Lipinski definition) is 6. The highest BCUT2D eigenvalue weighted by Crippen LogP contribution is 2.48.